The molecule has 3 saturated carbocycles. The van der Waals surface area contributed by atoms with Crippen LogP contribution in [0.4, 0.5) is 0 Å². The van der Waals surface area contributed by atoms with Gasteiger partial charge in [-0.1, -0.05) is 59.5 Å². The Morgan fingerprint density at radius 3 is 2.54 bits per heavy atom. The quantitative estimate of drug-likeness (QED) is 0.216. The van der Waals surface area contributed by atoms with Crippen LogP contribution in [0, 0.1) is 56.5 Å². The number of hydrogen-bond donors (Lipinski definition) is 0. The summed E-state index contributed by atoms with van der Waals surface area (Å²) in [5.74, 6) is 2.89. The van der Waals surface area contributed by atoms with Gasteiger partial charge in [0.25, 0.3) is 0 Å². The second-order valence-electron chi connectivity index (χ2n) is 13.1. The number of esters is 1. The number of nitro groups is 1. The first kappa shape index (κ1) is 26.3. The zero-order valence-corrected chi connectivity index (χ0v) is 22.7. The van der Waals surface area contributed by atoms with Crippen molar-refractivity contribution in [2.75, 3.05) is 0 Å². The monoisotopic (exact) mass is 486 g/mol. The highest BCUT2D eigenvalue weighted by molar-refractivity contribution is 5.99. The molecule has 0 aromatic carbocycles. The van der Waals surface area contributed by atoms with Gasteiger partial charge in [-0.05, 0) is 85.0 Å². The van der Waals surface area contributed by atoms with Gasteiger partial charge in [0.15, 0.2) is 5.03 Å². The third-order valence-corrected chi connectivity index (χ3v) is 10.7. The van der Waals surface area contributed by atoms with Crippen LogP contribution in [0.5, 0.6) is 0 Å². The van der Waals surface area contributed by atoms with E-state index in [2.05, 4.69) is 39.7 Å². The molecule has 0 aliphatic heterocycles. The Labute approximate surface area is 211 Å². The first-order valence-electron chi connectivity index (χ1n) is 14.1. The summed E-state index contributed by atoms with van der Waals surface area (Å²) >= 11 is 0. The zero-order valence-electron chi connectivity index (χ0n) is 22.7. The number of fused-ring (bicyclic) bond motifs is 5. The maximum Gasteiger partial charge on any atom is 0.302 e. The number of carbonyl (C=O) groups excluding carboxylic acids is 1. The van der Waals surface area contributed by atoms with E-state index in [4.69, 9.17) is 4.74 Å². The van der Waals surface area contributed by atoms with Gasteiger partial charge < -0.3 is 4.74 Å². The Morgan fingerprint density at radius 1 is 1.14 bits per heavy atom. The topological polar surface area (TPSA) is 81.8 Å². The van der Waals surface area contributed by atoms with E-state index in [0.717, 1.165) is 31.6 Å². The number of allylic oxidation sites excluding steroid dienone is 1. The van der Waals surface area contributed by atoms with Gasteiger partial charge in [-0.15, -0.1) is 0 Å². The Balaban J connectivity index is 1.63. The molecule has 6 heteroatoms. The van der Waals surface area contributed by atoms with Crippen LogP contribution in [0.25, 0.3) is 0 Å². The summed E-state index contributed by atoms with van der Waals surface area (Å²) in [5, 5.41) is 15.1. The summed E-state index contributed by atoms with van der Waals surface area (Å²) in [6.45, 7) is 13.4. The first-order chi connectivity index (χ1) is 16.5. The average molecular weight is 487 g/mol. The molecule has 35 heavy (non-hydrogen) atoms. The molecule has 8 atom stereocenters. The minimum Gasteiger partial charge on any atom is -0.462 e. The van der Waals surface area contributed by atoms with Crippen molar-refractivity contribution in [3.8, 4) is 0 Å². The highest BCUT2D eigenvalue weighted by Crippen LogP contribution is 2.67. The van der Waals surface area contributed by atoms with Crippen LogP contribution in [0.2, 0.25) is 0 Å². The number of hydrogen-bond acceptors (Lipinski definition) is 4. The Bertz CT molecular complexity index is 895. The van der Waals surface area contributed by atoms with Gasteiger partial charge in [0, 0.05) is 19.3 Å². The maximum absolute atomic E-state index is 11.6. The van der Waals surface area contributed by atoms with E-state index in [-0.39, 0.29) is 28.8 Å². The Hall–Kier alpha value is -1.72. The molecule has 196 valence electrons. The fourth-order valence-corrected chi connectivity index (χ4v) is 8.94. The van der Waals surface area contributed by atoms with Crippen molar-refractivity contribution >= 4 is 11.7 Å². The van der Waals surface area contributed by atoms with Crippen LogP contribution >= 0.6 is 0 Å². The van der Waals surface area contributed by atoms with Gasteiger partial charge in [0.2, 0.25) is 0 Å². The van der Waals surface area contributed by atoms with Crippen molar-refractivity contribution in [3.63, 3.8) is 0 Å². The molecule has 0 bridgehead atoms. The number of nitrogens with zero attached hydrogens (tertiary/aromatic N) is 2. The summed E-state index contributed by atoms with van der Waals surface area (Å²) in [5.41, 5.74) is 2.13. The highest BCUT2D eigenvalue weighted by Gasteiger charge is 2.61. The molecule has 0 aromatic rings. The molecule has 3 fully saturated rings. The van der Waals surface area contributed by atoms with Gasteiger partial charge in [-0.3, -0.25) is 4.79 Å². The summed E-state index contributed by atoms with van der Waals surface area (Å²) < 4.78 is 5.56. The number of hydrazone groups is 1. The largest absolute Gasteiger partial charge is 0.462 e. The fraction of sp³-hybridized carbons (Fsp3) is 0.862. The minimum absolute atomic E-state index is 0.0131. The molecule has 0 aromatic heterocycles. The van der Waals surface area contributed by atoms with Crippen LogP contribution < -0.4 is 0 Å². The standard InChI is InChI=1S/C29H46N2O4/c1-18(2)8-7-9-19(3)23-10-11-24-27-25(13-15-29(23,24)6)28(5)14-12-22(35-20(4)32)16-21(28)17-26(27)30-31(33)34/h17-19,22-25,27H,7-16H2,1-6H3/b30-26-/t19?,22-,23+,24-,25-,27-,28-,29+/m0/s1. The van der Waals surface area contributed by atoms with Crippen LogP contribution in [0.3, 0.4) is 0 Å². The molecular weight excluding hydrogens is 440 g/mol. The van der Waals surface area contributed by atoms with Gasteiger partial charge in [0.05, 0.1) is 5.10 Å². The molecule has 4 aliphatic rings. The Morgan fingerprint density at radius 2 is 1.89 bits per heavy atom. The lowest BCUT2D eigenvalue weighted by Crippen LogP contribution is -2.54. The fourth-order valence-electron chi connectivity index (χ4n) is 8.94. The smallest absolute Gasteiger partial charge is 0.302 e. The molecule has 0 radical (unpaired) electrons. The van der Waals surface area contributed by atoms with Crippen LogP contribution in [0.1, 0.15) is 106 Å². The zero-order chi connectivity index (χ0) is 25.5. The van der Waals surface area contributed by atoms with Crippen molar-refractivity contribution in [1.82, 2.24) is 0 Å². The van der Waals surface area contributed by atoms with Crippen molar-refractivity contribution < 1.29 is 14.6 Å². The lowest BCUT2D eigenvalue weighted by molar-refractivity contribution is -0.485. The van der Waals surface area contributed by atoms with Gasteiger partial charge in [-0.2, -0.15) is 0 Å². The normalized spacial score (nSPS) is 40.5. The van der Waals surface area contributed by atoms with E-state index in [1.54, 1.807) is 0 Å². The van der Waals surface area contributed by atoms with Gasteiger partial charge >= 0.3 is 5.97 Å². The molecule has 0 heterocycles. The molecule has 6 nitrogen and oxygen atoms in total. The molecular formula is C29H46N2O4. The highest BCUT2D eigenvalue weighted by atomic mass is 16.7. The summed E-state index contributed by atoms with van der Waals surface area (Å²) in [6.07, 6.45) is 13.0. The number of rotatable bonds is 7. The molecule has 0 spiro atoms. The summed E-state index contributed by atoms with van der Waals surface area (Å²) in [6, 6.07) is 0. The van der Waals surface area contributed by atoms with E-state index in [0.29, 0.717) is 35.8 Å². The number of carbonyl (C=O) groups is 1. The first-order valence-corrected chi connectivity index (χ1v) is 14.1. The van der Waals surface area contributed by atoms with Crippen molar-refractivity contribution in [2.45, 2.75) is 112 Å². The summed E-state index contributed by atoms with van der Waals surface area (Å²) in [7, 11) is 0. The minimum atomic E-state index is -0.495. The maximum atomic E-state index is 11.6. The van der Waals surface area contributed by atoms with Crippen molar-refractivity contribution in [2.24, 2.45) is 51.4 Å². The van der Waals surface area contributed by atoms with Gasteiger partial charge in [0.1, 0.15) is 11.8 Å². The van der Waals surface area contributed by atoms with Crippen molar-refractivity contribution in [3.05, 3.63) is 21.8 Å². The van der Waals surface area contributed by atoms with E-state index in [1.165, 1.54) is 44.6 Å². The molecule has 0 saturated heterocycles. The third kappa shape index (κ3) is 4.96. The number of ether oxygens (including phenoxy) is 1. The predicted molar refractivity (Wildman–Crippen MR) is 138 cm³/mol. The lowest BCUT2D eigenvalue weighted by Gasteiger charge is -2.58. The van der Waals surface area contributed by atoms with E-state index in [1.807, 2.05) is 6.08 Å². The second kappa shape index (κ2) is 9.97. The molecule has 0 N–H and O–H groups in total. The Kier molecular flexibility index (Phi) is 7.51. The molecule has 1 unspecified atom stereocenters. The summed E-state index contributed by atoms with van der Waals surface area (Å²) in [4.78, 5) is 23.2. The predicted octanol–water partition coefficient (Wildman–Crippen LogP) is 7.20. The average Bonchev–Trinajstić information content (AvgIpc) is 3.10. The molecule has 4 rings (SSSR count). The van der Waals surface area contributed by atoms with Crippen LogP contribution in [-0.2, 0) is 9.53 Å². The van der Waals surface area contributed by atoms with Crippen LogP contribution in [0.15, 0.2) is 16.8 Å². The second-order valence-corrected chi connectivity index (χ2v) is 13.1. The third-order valence-electron chi connectivity index (χ3n) is 10.7. The SMILES string of the molecule is CC(=O)O[C@H]1CC[C@@]2(C)C(=C/C(=N/[N+](=O)[O-])[C@H]3[C@@H]4CC[C@H](C(C)CCCC(C)C)[C@@]4(C)CC[C@@H]32)C1. The van der Waals surface area contributed by atoms with Crippen molar-refractivity contribution in [1.29, 1.82) is 0 Å². The lowest BCUT2D eigenvalue weighted by atomic mass is 9.46. The molecule has 4 aliphatic carbocycles. The van der Waals surface area contributed by atoms with E-state index < -0.39 is 5.03 Å². The van der Waals surface area contributed by atoms with Crippen LogP contribution in [-0.4, -0.2) is 22.8 Å². The van der Waals surface area contributed by atoms with Gasteiger partial charge in [-0.25, -0.2) is 10.1 Å². The molecule has 0 amide bonds. The van der Waals surface area contributed by atoms with E-state index in [9.17, 15) is 14.9 Å². The van der Waals surface area contributed by atoms with E-state index >= 15 is 0 Å².